The number of nitrogens with zero attached hydrogens (tertiary/aromatic N) is 5. The van der Waals surface area contributed by atoms with Crippen molar-refractivity contribution in [3.05, 3.63) is 41.8 Å². The van der Waals surface area contributed by atoms with Crippen LogP contribution in [0.15, 0.2) is 30.5 Å². The number of hydrogen-bond donors (Lipinski definition) is 1. The summed E-state index contributed by atoms with van der Waals surface area (Å²) in [6, 6.07) is 6.31. The molecular formula is C20H22FIN6O2S. The van der Waals surface area contributed by atoms with E-state index < -0.39 is 5.82 Å². The second kappa shape index (κ2) is 9.57. The van der Waals surface area contributed by atoms with Crippen LogP contribution in [0.3, 0.4) is 0 Å². The minimum absolute atomic E-state index is 0.160. The molecule has 0 bridgehead atoms. The molecule has 1 aliphatic heterocycles. The molecule has 0 radical (unpaired) electrons. The standard InChI is InChI=1S/C20H22FIN6O2S/c1-3-30-18-14-6-7-28(31-22)17(14)24-20(25-18)23-16-5-4-13(12-15(16)21)19(29)27-10-8-26(2)9-11-27/h4-7,12H,3,8-11H2,1-2H3,(H,23,24,25). The van der Waals surface area contributed by atoms with Crippen LogP contribution in [0.5, 0.6) is 5.88 Å². The lowest BCUT2D eigenvalue weighted by Crippen LogP contribution is -2.47. The van der Waals surface area contributed by atoms with Gasteiger partial charge in [-0.15, -0.1) is 0 Å². The molecule has 1 N–H and O–H groups in total. The number of piperazine rings is 1. The first kappa shape index (κ1) is 22.1. The number of amides is 1. The fraction of sp³-hybridized carbons (Fsp3) is 0.350. The Hall–Kier alpha value is -2.12. The van der Waals surface area contributed by atoms with Crippen LogP contribution < -0.4 is 10.1 Å². The zero-order valence-electron chi connectivity index (χ0n) is 17.1. The Balaban J connectivity index is 1.58. The number of benzene rings is 1. The summed E-state index contributed by atoms with van der Waals surface area (Å²) in [5.74, 6) is -0.0492. The second-order valence-electron chi connectivity index (χ2n) is 7.15. The molecule has 164 valence electrons. The number of anilines is 2. The largest absolute Gasteiger partial charge is 0.477 e. The van der Waals surface area contributed by atoms with Gasteiger partial charge in [-0.25, -0.2) is 4.39 Å². The molecule has 31 heavy (non-hydrogen) atoms. The first-order chi connectivity index (χ1) is 15.0. The smallest absolute Gasteiger partial charge is 0.254 e. The molecule has 0 spiro atoms. The van der Waals surface area contributed by atoms with Gasteiger partial charge in [-0.3, -0.25) is 8.77 Å². The lowest BCUT2D eigenvalue weighted by molar-refractivity contribution is 0.0663. The molecule has 1 aromatic carbocycles. The number of nitrogens with one attached hydrogen (secondary N) is 1. The molecule has 3 aromatic rings. The maximum atomic E-state index is 14.8. The van der Waals surface area contributed by atoms with E-state index in [9.17, 15) is 9.18 Å². The number of fused-ring (bicyclic) bond motifs is 1. The van der Waals surface area contributed by atoms with Crippen LogP contribution in [0.2, 0.25) is 0 Å². The lowest BCUT2D eigenvalue weighted by atomic mass is 10.1. The van der Waals surface area contributed by atoms with Gasteiger partial charge in [0.15, 0.2) is 5.65 Å². The van der Waals surface area contributed by atoms with Crippen molar-refractivity contribution in [1.29, 1.82) is 0 Å². The third-order valence-electron chi connectivity index (χ3n) is 5.08. The SMILES string of the molecule is CCOc1nc(Nc2ccc(C(=O)N3CCN(C)CC3)cc2F)nc2c1ccn2SI. The third-order valence-corrected chi connectivity index (χ3v) is 6.80. The average Bonchev–Trinajstić information content (AvgIpc) is 3.19. The van der Waals surface area contributed by atoms with Gasteiger partial charge in [0, 0.05) is 68.3 Å². The Morgan fingerprint density at radius 3 is 2.71 bits per heavy atom. The Bertz CT molecular complexity index is 1100. The van der Waals surface area contributed by atoms with Crippen LogP contribution in [0, 0.1) is 5.82 Å². The highest BCUT2D eigenvalue weighted by Gasteiger charge is 2.21. The van der Waals surface area contributed by atoms with E-state index in [1.54, 1.807) is 17.0 Å². The molecule has 1 saturated heterocycles. The summed E-state index contributed by atoms with van der Waals surface area (Å²) in [7, 11) is 3.48. The Morgan fingerprint density at radius 1 is 1.26 bits per heavy atom. The van der Waals surface area contributed by atoms with Gasteiger partial charge in [-0.2, -0.15) is 9.97 Å². The summed E-state index contributed by atoms with van der Waals surface area (Å²) in [6.07, 6.45) is 1.88. The van der Waals surface area contributed by atoms with Gasteiger partial charge < -0.3 is 19.9 Å². The Labute approximate surface area is 195 Å². The fourth-order valence-electron chi connectivity index (χ4n) is 3.38. The molecule has 0 atom stereocenters. The van der Waals surface area contributed by atoms with Crippen molar-refractivity contribution in [2.75, 3.05) is 45.2 Å². The molecular weight excluding hydrogens is 534 g/mol. The Morgan fingerprint density at radius 2 is 2.03 bits per heavy atom. The van der Waals surface area contributed by atoms with E-state index in [1.807, 2.05) is 30.2 Å². The minimum Gasteiger partial charge on any atom is -0.477 e. The summed E-state index contributed by atoms with van der Waals surface area (Å²) in [6.45, 7) is 5.23. The molecule has 2 aromatic heterocycles. The number of carbonyl (C=O) groups excluding carboxylic acids is 1. The van der Waals surface area contributed by atoms with Crippen LogP contribution >= 0.6 is 30.3 Å². The maximum absolute atomic E-state index is 14.8. The van der Waals surface area contributed by atoms with Crippen molar-refractivity contribution in [1.82, 2.24) is 23.7 Å². The summed E-state index contributed by atoms with van der Waals surface area (Å²) in [5.41, 5.74) is 1.19. The topological polar surface area (TPSA) is 75.5 Å². The van der Waals surface area contributed by atoms with E-state index in [0.717, 1.165) is 18.5 Å². The van der Waals surface area contributed by atoms with Gasteiger partial charge in [0.2, 0.25) is 11.8 Å². The van der Waals surface area contributed by atoms with Gasteiger partial charge in [-0.1, -0.05) is 0 Å². The maximum Gasteiger partial charge on any atom is 0.254 e. The number of likely N-dealkylation sites (N-methyl/N-ethyl adjacent to an activating group) is 1. The van der Waals surface area contributed by atoms with E-state index >= 15 is 0 Å². The van der Waals surface area contributed by atoms with E-state index in [-0.39, 0.29) is 17.5 Å². The van der Waals surface area contributed by atoms with Gasteiger partial charge in [0.25, 0.3) is 5.91 Å². The average molecular weight is 556 g/mol. The van der Waals surface area contributed by atoms with Crippen LogP contribution in [0.1, 0.15) is 17.3 Å². The molecule has 3 heterocycles. The number of carbonyl (C=O) groups is 1. The summed E-state index contributed by atoms with van der Waals surface area (Å²) in [4.78, 5) is 25.5. The van der Waals surface area contributed by atoms with E-state index in [4.69, 9.17) is 4.74 Å². The van der Waals surface area contributed by atoms with Crippen molar-refractivity contribution in [3.8, 4) is 5.88 Å². The minimum atomic E-state index is -0.541. The van der Waals surface area contributed by atoms with E-state index in [2.05, 4.69) is 41.4 Å². The van der Waals surface area contributed by atoms with E-state index in [0.29, 0.717) is 36.8 Å². The third kappa shape index (κ3) is 4.72. The first-order valence-corrected chi connectivity index (χ1v) is 13.2. The van der Waals surface area contributed by atoms with Crippen molar-refractivity contribution in [2.24, 2.45) is 0 Å². The number of aromatic nitrogens is 3. The molecule has 0 aliphatic carbocycles. The van der Waals surface area contributed by atoms with Crippen molar-refractivity contribution in [3.63, 3.8) is 0 Å². The second-order valence-corrected chi connectivity index (χ2v) is 8.86. The van der Waals surface area contributed by atoms with E-state index in [1.165, 1.54) is 15.2 Å². The van der Waals surface area contributed by atoms with Gasteiger partial charge in [0.05, 0.1) is 17.7 Å². The van der Waals surface area contributed by atoms with Crippen LogP contribution in [0.25, 0.3) is 11.0 Å². The zero-order valence-corrected chi connectivity index (χ0v) is 20.1. The lowest BCUT2D eigenvalue weighted by Gasteiger charge is -2.32. The summed E-state index contributed by atoms with van der Waals surface area (Å²) < 4.78 is 22.4. The molecule has 8 nitrogen and oxygen atoms in total. The predicted octanol–water partition coefficient (Wildman–Crippen LogP) is 3.95. The normalized spacial score (nSPS) is 14.8. The fourth-order valence-corrected chi connectivity index (χ4v) is 4.65. The summed E-state index contributed by atoms with van der Waals surface area (Å²) >= 11 is 2.16. The number of ether oxygens (including phenoxy) is 1. The van der Waals surface area contributed by atoms with Gasteiger partial charge in [-0.05, 0) is 38.2 Å². The van der Waals surface area contributed by atoms with Crippen LogP contribution in [-0.2, 0) is 0 Å². The Kier molecular flexibility index (Phi) is 6.82. The first-order valence-electron chi connectivity index (χ1n) is 9.85. The van der Waals surface area contributed by atoms with Crippen LogP contribution in [0.4, 0.5) is 16.0 Å². The number of halogens is 2. The molecule has 1 fully saturated rings. The highest BCUT2D eigenvalue weighted by molar-refractivity contribution is 14.2. The monoisotopic (exact) mass is 556 g/mol. The molecule has 1 amide bonds. The predicted molar refractivity (Wildman–Crippen MR) is 129 cm³/mol. The van der Waals surface area contributed by atoms with Gasteiger partial charge >= 0.3 is 0 Å². The summed E-state index contributed by atoms with van der Waals surface area (Å²) in [5, 5.41) is 3.70. The molecule has 1 aliphatic rings. The number of rotatable bonds is 6. The highest BCUT2D eigenvalue weighted by atomic mass is 127. The molecule has 4 rings (SSSR count). The molecule has 0 saturated carbocycles. The van der Waals surface area contributed by atoms with Crippen molar-refractivity contribution in [2.45, 2.75) is 6.92 Å². The number of hydrogen-bond acceptors (Lipinski definition) is 7. The quantitative estimate of drug-likeness (QED) is 0.461. The van der Waals surface area contributed by atoms with Crippen molar-refractivity contribution < 1.29 is 13.9 Å². The van der Waals surface area contributed by atoms with Crippen LogP contribution in [-0.4, -0.2) is 69.5 Å². The van der Waals surface area contributed by atoms with Crippen molar-refractivity contribution >= 4 is 58.9 Å². The highest BCUT2D eigenvalue weighted by Crippen LogP contribution is 2.31. The molecule has 11 heteroatoms. The molecule has 0 unspecified atom stereocenters. The van der Waals surface area contributed by atoms with Gasteiger partial charge in [0.1, 0.15) is 5.82 Å². The zero-order chi connectivity index (χ0) is 22.0.